The second-order valence-corrected chi connectivity index (χ2v) is 9.02. The van der Waals surface area contributed by atoms with Crippen LogP contribution in [0.2, 0.25) is 0 Å². The van der Waals surface area contributed by atoms with E-state index in [1.165, 1.54) is 0 Å². The van der Waals surface area contributed by atoms with E-state index < -0.39 is 0 Å². The number of carbonyl (C=O) groups is 1. The number of thiazole rings is 1. The molecule has 1 fully saturated rings. The lowest BCUT2D eigenvalue weighted by Crippen LogP contribution is -2.49. The van der Waals surface area contributed by atoms with Crippen molar-refractivity contribution in [1.82, 2.24) is 9.88 Å². The minimum Gasteiger partial charge on any atom is -0.493 e. The molecule has 0 spiro atoms. The number of hydrazone groups is 1. The lowest BCUT2D eigenvalue weighted by atomic mass is 9.97. The Morgan fingerprint density at radius 3 is 2.75 bits per heavy atom. The van der Waals surface area contributed by atoms with Crippen molar-refractivity contribution in [3.8, 4) is 11.5 Å². The van der Waals surface area contributed by atoms with Crippen LogP contribution < -0.4 is 14.9 Å². The number of ether oxygens (including phenoxy) is 2. The van der Waals surface area contributed by atoms with Crippen molar-refractivity contribution in [1.29, 1.82) is 0 Å². The first-order chi connectivity index (χ1) is 15.5. The van der Waals surface area contributed by atoms with Crippen molar-refractivity contribution < 1.29 is 14.3 Å². The van der Waals surface area contributed by atoms with Crippen LogP contribution in [0.3, 0.4) is 0 Å². The lowest BCUT2D eigenvalue weighted by Gasteiger charge is -2.39. The molecule has 7 nitrogen and oxygen atoms in total. The quantitative estimate of drug-likeness (QED) is 0.407. The second-order valence-electron chi connectivity index (χ2n) is 7.99. The van der Waals surface area contributed by atoms with Gasteiger partial charge in [0.05, 0.1) is 23.5 Å². The van der Waals surface area contributed by atoms with E-state index in [-0.39, 0.29) is 24.6 Å². The monoisotopic (exact) mass is 452 g/mol. The highest BCUT2D eigenvalue weighted by Gasteiger charge is 2.29. The Morgan fingerprint density at radius 1 is 1.22 bits per heavy atom. The molecule has 1 aromatic heterocycles. The van der Waals surface area contributed by atoms with Gasteiger partial charge in [0.2, 0.25) is 5.13 Å². The Hall–Kier alpha value is -3.13. The zero-order valence-electron chi connectivity index (χ0n) is 18.6. The van der Waals surface area contributed by atoms with Gasteiger partial charge in [-0.1, -0.05) is 23.5 Å². The van der Waals surface area contributed by atoms with E-state index in [1.54, 1.807) is 30.7 Å². The Labute approximate surface area is 192 Å². The smallest absolute Gasteiger partial charge is 0.260 e. The van der Waals surface area contributed by atoms with Gasteiger partial charge in [-0.25, -0.2) is 4.98 Å². The molecule has 2 atom stereocenters. The number of likely N-dealkylation sites (tertiary alicyclic amines) is 1. The molecular weight excluding hydrogens is 424 g/mol. The zero-order chi connectivity index (χ0) is 22.5. The number of aromatic nitrogens is 1. The summed E-state index contributed by atoms with van der Waals surface area (Å²) in [6.45, 7) is 4.20. The average Bonchev–Trinajstić information content (AvgIpc) is 3.20. The van der Waals surface area contributed by atoms with Crippen molar-refractivity contribution in [3.63, 3.8) is 0 Å². The molecule has 8 heteroatoms. The molecule has 4 rings (SSSR count). The number of hydrogen-bond donors (Lipinski definition) is 1. The Bertz CT molecular complexity index is 1070. The molecule has 168 valence electrons. The van der Waals surface area contributed by atoms with Gasteiger partial charge in [0, 0.05) is 12.1 Å². The van der Waals surface area contributed by atoms with Gasteiger partial charge in [0.1, 0.15) is 0 Å². The van der Waals surface area contributed by atoms with Gasteiger partial charge in [-0.3, -0.25) is 10.2 Å². The van der Waals surface area contributed by atoms with Crippen LogP contribution in [0.4, 0.5) is 5.13 Å². The van der Waals surface area contributed by atoms with Gasteiger partial charge in [-0.2, -0.15) is 5.10 Å². The largest absolute Gasteiger partial charge is 0.493 e. The molecule has 2 aromatic carbocycles. The molecule has 2 unspecified atom stereocenters. The number of benzene rings is 2. The first kappa shape index (κ1) is 22.1. The highest BCUT2D eigenvalue weighted by Crippen LogP contribution is 2.29. The summed E-state index contributed by atoms with van der Waals surface area (Å²) in [5, 5.41) is 5.01. The van der Waals surface area contributed by atoms with E-state index in [0.29, 0.717) is 11.5 Å². The number of nitrogens with zero attached hydrogens (tertiary/aromatic N) is 3. The van der Waals surface area contributed by atoms with Gasteiger partial charge >= 0.3 is 0 Å². The average molecular weight is 453 g/mol. The molecule has 1 aliphatic heterocycles. The number of fused-ring (bicyclic) bond motifs is 1. The molecule has 1 saturated heterocycles. The predicted molar refractivity (Wildman–Crippen MR) is 129 cm³/mol. The fourth-order valence-electron chi connectivity index (χ4n) is 4.09. The molecule has 1 aliphatic rings. The SMILES string of the molecule is COc1cc(/C=N/Nc2nc3ccccc3s2)ccc1OCC(=O)N1C(C)CCCC1C. The van der Waals surface area contributed by atoms with Gasteiger partial charge < -0.3 is 14.4 Å². The van der Waals surface area contributed by atoms with Gasteiger partial charge in [-0.05, 0) is 69.0 Å². The van der Waals surface area contributed by atoms with E-state index in [9.17, 15) is 4.79 Å². The number of methoxy groups -OCH3 is 1. The summed E-state index contributed by atoms with van der Waals surface area (Å²) >= 11 is 1.55. The molecule has 0 saturated carbocycles. The van der Waals surface area contributed by atoms with E-state index >= 15 is 0 Å². The van der Waals surface area contributed by atoms with Crippen LogP contribution >= 0.6 is 11.3 Å². The number of rotatable bonds is 7. The number of carbonyl (C=O) groups excluding carboxylic acids is 1. The fourth-order valence-corrected chi connectivity index (χ4v) is 4.91. The summed E-state index contributed by atoms with van der Waals surface area (Å²) in [7, 11) is 1.58. The summed E-state index contributed by atoms with van der Waals surface area (Å²) in [5.74, 6) is 1.10. The first-order valence-electron chi connectivity index (χ1n) is 10.8. The van der Waals surface area contributed by atoms with E-state index in [2.05, 4.69) is 29.4 Å². The predicted octanol–water partition coefficient (Wildman–Crippen LogP) is 4.92. The van der Waals surface area contributed by atoms with E-state index in [4.69, 9.17) is 9.47 Å². The third-order valence-electron chi connectivity index (χ3n) is 5.69. The molecule has 3 aromatic rings. The minimum absolute atomic E-state index is 0.00234. The summed E-state index contributed by atoms with van der Waals surface area (Å²) in [6.07, 6.45) is 4.94. The number of para-hydroxylation sites is 1. The fraction of sp³-hybridized carbons (Fsp3) is 0.375. The maximum Gasteiger partial charge on any atom is 0.260 e. The maximum absolute atomic E-state index is 12.7. The van der Waals surface area contributed by atoms with Crippen LogP contribution in [0.5, 0.6) is 11.5 Å². The molecule has 2 heterocycles. The van der Waals surface area contributed by atoms with Crippen LogP contribution in [-0.4, -0.2) is 47.8 Å². The van der Waals surface area contributed by atoms with Crippen molar-refractivity contribution in [3.05, 3.63) is 48.0 Å². The van der Waals surface area contributed by atoms with Crippen LogP contribution in [0.15, 0.2) is 47.6 Å². The number of anilines is 1. The summed E-state index contributed by atoms with van der Waals surface area (Å²) in [5.41, 5.74) is 4.76. The summed E-state index contributed by atoms with van der Waals surface area (Å²) in [4.78, 5) is 19.2. The van der Waals surface area contributed by atoms with Crippen molar-refractivity contribution in [2.75, 3.05) is 19.1 Å². The highest BCUT2D eigenvalue weighted by atomic mass is 32.1. The molecular formula is C24H28N4O3S. The Balaban J connectivity index is 1.37. The molecule has 0 aliphatic carbocycles. The molecule has 32 heavy (non-hydrogen) atoms. The number of piperidine rings is 1. The third-order valence-corrected chi connectivity index (χ3v) is 6.63. The lowest BCUT2D eigenvalue weighted by molar-refractivity contribution is -0.139. The second kappa shape index (κ2) is 9.99. The highest BCUT2D eigenvalue weighted by molar-refractivity contribution is 7.22. The van der Waals surface area contributed by atoms with Crippen molar-refractivity contribution in [2.45, 2.75) is 45.2 Å². The zero-order valence-corrected chi connectivity index (χ0v) is 19.4. The van der Waals surface area contributed by atoms with E-state index in [1.807, 2.05) is 41.3 Å². The first-order valence-corrected chi connectivity index (χ1v) is 11.6. The van der Waals surface area contributed by atoms with Crippen molar-refractivity contribution >= 4 is 38.8 Å². The molecule has 1 N–H and O–H groups in total. The standard InChI is InChI=1S/C24H28N4O3S/c1-16-7-6-8-17(2)28(16)23(29)15-31-20-12-11-18(13-21(20)30-3)14-25-27-24-26-19-9-4-5-10-22(19)32-24/h4-5,9-14,16-17H,6-8,15H2,1-3H3,(H,26,27)/b25-14+. The van der Waals surface area contributed by atoms with Gasteiger partial charge in [0.15, 0.2) is 18.1 Å². The van der Waals surface area contributed by atoms with Crippen LogP contribution in [0.1, 0.15) is 38.7 Å². The van der Waals surface area contributed by atoms with Crippen LogP contribution in [0, 0.1) is 0 Å². The maximum atomic E-state index is 12.7. The van der Waals surface area contributed by atoms with E-state index in [0.717, 1.165) is 40.2 Å². The Morgan fingerprint density at radius 2 is 2.00 bits per heavy atom. The van der Waals surface area contributed by atoms with Crippen LogP contribution in [0.25, 0.3) is 10.2 Å². The topological polar surface area (TPSA) is 76.0 Å². The third kappa shape index (κ3) is 5.02. The molecule has 0 radical (unpaired) electrons. The summed E-state index contributed by atoms with van der Waals surface area (Å²) in [6, 6.07) is 14.0. The number of nitrogens with one attached hydrogen (secondary N) is 1. The Kier molecular flexibility index (Phi) is 6.90. The molecule has 0 bridgehead atoms. The minimum atomic E-state index is -0.00234. The van der Waals surface area contributed by atoms with Crippen LogP contribution in [-0.2, 0) is 4.79 Å². The number of hydrogen-bond acceptors (Lipinski definition) is 7. The number of amides is 1. The molecule has 1 amide bonds. The van der Waals surface area contributed by atoms with Gasteiger partial charge in [0.25, 0.3) is 5.91 Å². The van der Waals surface area contributed by atoms with Gasteiger partial charge in [-0.15, -0.1) is 0 Å². The normalized spacial score (nSPS) is 18.8. The summed E-state index contributed by atoms with van der Waals surface area (Å²) < 4.78 is 12.4. The van der Waals surface area contributed by atoms with Crippen molar-refractivity contribution in [2.24, 2.45) is 5.10 Å².